The highest BCUT2D eigenvalue weighted by molar-refractivity contribution is 5.78. The molecule has 2 aromatic carbocycles. The minimum Gasteiger partial charge on any atom is -0.356 e. The van der Waals surface area contributed by atoms with Gasteiger partial charge in [-0.2, -0.15) is 0 Å². The number of rotatable bonds is 4. The molecule has 4 nitrogen and oxygen atoms in total. The molecule has 0 saturated carbocycles. The number of nitrogens with zero attached hydrogens (tertiary/aromatic N) is 1. The van der Waals surface area contributed by atoms with Crippen LogP contribution < -0.4 is 5.32 Å². The molecule has 0 aliphatic carbocycles. The fraction of sp³-hybridized carbons (Fsp3) is 0.417. The number of piperidine rings is 2. The molecule has 1 N–H and O–H groups in total. The van der Waals surface area contributed by atoms with E-state index < -0.39 is 0 Å². The van der Waals surface area contributed by atoms with Gasteiger partial charge in [-0.1, -0.05) is 48.5 Å². The first-order valence-electron chi connectivity index (χ1n) is 10.4. The monoisotopic (exact) mass is 394 g/mol. The normalized spacial score (nSPS) is 19.6. The van der Waals surface area contributed by atoms with Gasteiger partial charge < -0.3 is 10.2 Å². The zero-order valence-electron chi connectivity index (χ0n) is 16.6. The average molecular weight is 394 g/mol. The molecule has 2 fully saturated rings. The van der Waals surface area contributed by atoms with Crippen LogP contribution in [0.5, 0.6) is 0 Å². The van der Waals surface area contributed by atoms with E-state index >= 15 is 0 Å². The quantitative estimate of drug-likeness (QED) is 0.856. The molecule has 4 rings (SSSR count). The number of amides is 2. The molecule has 2 aromatic rings. The van der Waals surface area contributed by atoms with Gasteiger partial charge in [0.15, 0.2) is 0 Å². The Balaban J connectivity index is 1.46. The van der Waals surface area contributed by atoms with Crippen LogP contribution in [0.1, 0.15) is 49.1 Å². The highest BCUT2D eigenvalue weighted by Crippen LogP contribution is 2.38. The van der Waals surface area contributed by atoms with Crippen molar-refractivity contribution >= 4 is 11.8 Å². The fourth-order valence-electron chi connectivity index (χ4n) is 4.65. The predicted octanol–water partition coefficient (Wildman–Crippen LogP) is 3.87. The maximum Gasteiger partial charge on any atom is 0.223 e. The zero-order chi connectivity index (χ0) is 20.3. The molecule has 0 bridgehead atoms. The van der Waals surface area contributed by atoms with Gasteiger partial charge in [-0.05, 0) is 41.9 Å². The van der Waals surface area contributed by atoms with Gasteiger partial charge in [-0.15, -0.1) is 0 Å². The largest absolute Gasteiger partial charge is 0.356 e. The molecule has 2 aliphatic rings. The number of carbonyl (C=O) groups excluding carboxylic acids is 2. The molecule has 0 unspecified atom stereocenters. The van der Waals surface area contributed by atoms with Crippen LogP contribution in [-0.4, -0.2) is 36.3 Å². The second-order valence-corrected chi connectivity index (χ2v) is 8.35. The first-order valence-corrected chi connectivity index (χ1v) is 10.4. The van der Waals surface area contributed by atoms with E-state index in [4.69, 9.17) is 0 Å². The minimum absolute atomic E-state index is 0.0665. The van der Waals surface area contributed by atoms with Crippen LogP contribution >= 0.6 is 0 Å². The lowest BCUT2D eigenvalue weighted by atomic mass is 9.73. The topological polar surface area (TPSA) is 49.4 Å². The van der Waals surface area contributed by atoms with Crippen molar-refractivity contribution in [2.75, 3.05) is 19.6 Å². The summed E-state index contributed by atoms with van der Waals surface area (Å²) in [4.78, 5) is 26.5. The van der Waals surface area contributed by atoms with Gasteiger partial charge in [-0.25, -0.2) is 4.39 Å². The molecule has 2 aliphatic heterocycles. The van der Waals surface area contributed by atoms with Crippen molar-refractivity contribution < 1.29 is 14.0 Å². The van der Waals surface area contributed by atoms with Crippen molar-refractivity contribution in [2.45, 2.75) is 38.0 Å². The van der Waals surface area contributed by atoms with Crippen molar-refractivity contribution in [1.82, 2.24) is 10.2 Å². The van der Waals surface area contributed by atoms with Gasteiger partial charge in [0.1, 0.15) is 5.82 Å². The Labute approximate surface area is 171 Å². The maximum absolute atomic E-state index is 14.5. The molecule has 1 spiro atoms. The Morgan fingerprint density at radius 3 is 2.38 bits per heavy atom. The van der Waals surface area contributed by atoms with Gasteiger partial charge >= 0.3 is 0 Å². The minimum atomic E-state index is -0.297. The molecular formula is C24H27FN2O2. The van der Waals surface area contributed by atoms with Crippen molar-refractivity contribution in [3.63, 3.8) is 0 Å². The Bertz CT molecular complexity index is 863. The Kier molecular flexibility index (Phi) is 5.65. The van der Waals surface area contributed by atoms with Crippen LogP contribution in [0, 0.1) is 11.2 Å². The van der Waals surface area contributed by atoms with Crippen molar-refractivity contribution in [3.8, 4) is 0 Å². The van der Waals surface area contributed by atoms with Crippen LogP contribution in [0.25, 0.3) is 0 Å². The van der Waals surface area contributed by atoms with Crippen molar-refractivity contribution in [2.24, 2.45) is 5.41 Å². The predicted molar refractivity (Wildman–Crippen MR) is 110 cm³/mol. The van der Waals surface area contributed by atoms with Gasteiger partial charge in [-0.3, -0.25) is 9.59 Å². The SMILES string of the molecule is O=C1CCC2(CCN(C(=O)C[C@@H](c3ccccc3)c3ccccc3F)CC2)CN1. The third kappa shape index (κ3) is 4.34. The van der Waals surface area contributed by atoms with Gasteiger partial charge in [0.2, 0.25) is 11.8 Å². The van der Waals surface area contributed by atoms with E-state index in [9.17, 15) is 14.0 Å². The van der Waals surface area contributed by atoms with Crippen LogP contribution in [0.3, 0.4) is 0 Å². The molecule has 0 radical (unpaired) electrons. The van der Waals surface area contributed by atoms with Gasteiger partial charge in [0.25, 0.3) is 0 Å². The molecule has 2 heterocycles. The van der Waals surface area contributed by atoms with E-state index in [2.05, 4.69) is 5.32 Å². The summed E-state index contributed by atoms with van der Waals surface area (Å²) in [6.45, 7) is 2.12. The summed E-state index contributed by atoms with van der Waals surface area (Å²) in [6, 6.07) is 16.4. The maximum atomic E-state index is 14.5. The number of nitrogens with one attached hydrogen (secondary N) is 1. The summed E-state index contributed by atoms with van der Waals surface area (Å²) in [5.41, 5.74) is 1.65. The molecule has 2 saturated heterocycles. The number of halogens is 1. The molecule has 1 atom stereocenters. The second-order valence-electron chi connectivity index (χ2n) is 8.35. The summed E-state index contributed by atoms with van der Waals surface area (Å²) >= 11 is 0. The first kappa shape index (κ1) is 19.6. The van der Waals surface area contributed by atoms with Crippen molar-refractivity contribution in [3.05, 3.63) is 71.5 Å². The summed E-state index contributed by atoms with van der Waals surface area (Å²) < 4.78 is 14.5. The van der Waals surface area contributed by atoms with E-state index in [1.165, 1.54) is 6.07 Å². The summed E-state index contributed by atoms with van der Waals surface area (Å²) in [5, 5.41) is 2.98. The first-order chi connectivity index (χ1) is 14.1. The van der Waals surface area contributed by atoms with Crippen molar-refractivity contribution in [1.29, 1.82) is 0 Å². The fourth-order valence-corrected chi connectivity index (χ4v) is 4.65. The Morgan fingerprint density at radius 1 is 1.03 bits per heavy atom. The third-order valence-electron chi connectivity index (χ3n) is 6.58. The molecule has 0 aromatic heterocycles. The van der Waals surface area contributed by atoms with Crippen LogP contribution in [0.4, 0.5) is 4.39 Å². The second kappa shape index (κ2) is 8.36. The van der Waals surface area contributed by atoms with Gasteiger partial charge in [0, 0.05) is 38.4 Å². The molecule has 2 amide bonds. The van der Waals surface area contributed by atoms with E-state index in [1.807, 2.05) is 41.3 Å². The van der Waals surface area contributed by atoms with Crippen LogP contribution in [0.2, 0.25) is 0 Å². The summed E-state index contributed by atoms with van der Waals surface area (Å²) in [5.74, 6) is -0.374. The number of benzene rings is 2. The highest BCUT2D eigenvalue weighted by atomic mass is 19.1. The number of likely N-dealkylation sites (tertiary alicyclic amines) is 1. The average Bonchev–Trinajstić information content (AvgIpc) is 2.76. The van der Waals surface area contributed by atoms with E-state index in [1.54, 1.807) is 12.1 Å². The number of hydrogen-bond donors (Lipinski definition) is 1. The molecular weight excluding hydrogens is 367 g/mol. The lowest BCUT2D eigenvalue weighted by Crippen LogP contribution is -2.50. The summed E-state index contributed by atoms with van der Waals surface area (Å²) in [7, 11) is 0. The van der Waals surface area contributed by atoms with Gasteiger partial charge in [0.05, 0.1) is 0 Å². The molecule has 29 heavy (non-hydrogen) atoms. The lowest BCUT2D eigenvalue weighted by Gasteiger charge is -2.44. The van der Waals surface area contributed by atoms with E-state index in [0.29, 0.717) is 25.1 Å². The van der Waals surface area contributed by atoms with Crippen LogP contribution in [-0.2, 0) is 9.59 Å². The van der Waals surface area contributed by atoms with E-state index in [0.717, 1.165) is 31.4 Å². The summed E-state index contributed by atoms with van der Waals surface area (Å²) in [6.07, 6.45) is 3.57. The number of carbonyl (C=O) groups is 2. The zero-order valence-corrected chi connectivity index (χ0v) is 16.6. The standard InChI is InChI=1S/C24H27FN2O2/c25-21-9-5-4-8-19(21)20(18-6-2-1-3-7-18)16-23(29)27-14-12-24(13-15-27)11-10-22(28)26-17-24/h1-9,20H,10-17H2,(H,26,28)/t20-/m0/s1. The van der Waals surface area contributed by atoms with E-state index in [-0.39, 0.29) is 35.4 Å². The molecule has 5 heteroatoms. The van der Waals surface area contributed by atoms with Crippen LogP contribution in [0.15, 0.2) is 54.6 Å². The Hall–Kier alpha value is -2.69. The smallest absolute Gasteiger partial charge is 0.223 e. The highest BCUT2D eigenvalue weighted by Gasteiger charge is 2.39. The molecule has 152 valence electrons. The Morgan fingerprint density at radius 2 is 1.72 bits per heavy atom. The number of hydrogen-bond acceptors (Lipinski definition) is 2. The lowest BCUT2D eigenvalue weighted by molar-refractivity contribution is -0.135. The third-order valence-corrected chi connectivity index (χ3v) is 6.58.